The molecule has 11 heteroatoms. The van der Waals surface area contributed by atoms with Gasteiger partial charge in [-0.2, -0.15) is 51.8 Å². The van der Waals surface area contributed by atoms with Gasteiger partial charge in [0, 0.05) is 18.6 Å². The van der Waals surface area contributed by atoms with E-state index in [0.29, 0.717) is 21.5 Å². The van der Waals surface area contributed by atoms with Crippen molar-refractivity contribution in [2.75, 3.05) is 0 Å². The second-order valence-corrected chi connectivity index (χ2v) is 5.94. The Balaban J connectivity index is 0.000000362. The largest absolute Gasteiger partial charge is 1.00 e. The first kappa shape index (κ1) is 24.2. The van der Waals surface area contributed by atoms with Crippen molar-refractivity contribution in [3.05, 3.63) is 58.0 Å². The number of rotatable bonds is 4. The third kappa shape index (κ3) is 6.63. The van der Waals surface area contributed by atoms with E-state index in [4.69, 9.17) is 38.6 Å². The number of hydrogen-bond acceptors (Lipinski definition) is 5. The van der Waals surface area contributed by atoms with Gasteiger partial charge in [0.15, 0.2) is 0 Å². The zero-order valence-electron chi connectivity index (χ0n) is 15.2. The summed E-state index contributed by atoms with van der Waals surface area (Å²) in [6, 6.07) is 12.8. The molecule has 0 aliphatic heterocycles. The molecule has 0 radical (unpaired) electrons. The average molecular weight is 422 g/mol. The van der Waals surface area contributed by atoms with Crippen molar-refractivity contribution in [3.63, 3.8) is 0 Å². The first-order valence-corrected chi connectivity index (χ1v) is 8.21. The number of amides is 2. The third-order valence-corrected chi connectivity index (χ3v) is 3.71. The van der Waals surface area contributed by atoms with E-state index in [1.54, 1.807) is 16.8 Å². The zero-order valence-corrected chi connectivity index (χ0v) is 16.7. The molecule has 1 heterocycles. The maximum Gasteiger partial charge on any atom is 1.00 e. The predicted molar refractivity (Wildman–Crippen MR) is 104 cm³/mol. The Morgan fingerprint density at radius 1 is 1.38 bits per heavy atom. The summed E-state index contributed by atoms with van der Waals surface area (Å²) in [6.07, 6.45) is 2.92. The molecule has 142 valence electrons. The van der Waals surface area contributed by atoms with Crippen LogP contribution in [-0.2, 0) is 16.6 Å². The Morgan fingerprint density at radius 2 is 2.03 bits per heavy atom. The van der Waals surface area contributed by atoms with Crippen LogP contribution in [0, 0.1) is 17.4 Å². The number of nitriles is 1. The van der Waals surface area contributed by atoms with Crippen molar-refractivity contribution in [2.24, 2.45) is 7.05 Å². The molecule has 0 atom stereocenters. The molecular weight excluding hydrogens is 412 g/mol. The van der Waals surface area contributed by atoms with Crippen molar-refractivity contribution >= 4 is 52.1 Å². The van der Waals surface area contributed by atoms with Crippen LogP contribution in [0.25, 0.3) is 16.3 Å². The number of nitrogens with zero attached hydrogens (tertiary/aromatic N) is 4. The van der Waals surface area contributed by atoms with Gasteiger partial charge in [-0.1, -0.05) is 0 Å². The second-order valence-electron chi connectivity index (χ2n) is 5.12. The minimum absolute atomic E-state index is 0. The number of halogens is 2. The van der Waals surface area contributed by atoms with E-state index in [-0.39, 0.29) is 18.9 Å². The fourth-order valence-corrected chi connectivity index (χ4v) is 2.45. The van der Waals surface area contributed by atoms with Crippen molar-refractivity contribution in [3.8, 4) is 17.6 Å². The third-order valence-electron chi connectivity index (χ3n) is 3.15. The Hall–Kier alpha value is -2.81. The molecule has 0 saturated carbocycles. The van der Waals surface area contributed by atoms with Gasteiger partial charge in [0.1, 0.15) is 5.75 Å². The molecule has 0 saturated heterocycles. The average Bonchev–Trinajstić information content (AvgIpc) is 3.04. The topological polar surface area (TPSA) is 119 Å². The predicted octanol–water partition coefficient (Wildman–Crippen LogP) is 0.180. The van der Waals surface area contributed by atoms with Crippen LogP contribution >= 0.6 is 23.2 Å². The number of benzene rings is 2. The smallest absolute Gasteiger partial charge is 0.807 e. The molecule has 2 amide bonds. The maximum absolute atomic E-state index is 10.1. The fraction of sp³-hybridized carbons (Fsp3) is 0.0556. The molecule has 29 heavy (non-hydrogen) atoms. The van der Waals surface area contributed by atoms with Crippen molar-refractivity contribution in [1.82, 2.24) is 15.1 Å². The molecule has 0 aliphatic carbocycles. The van der Waals surface area contributed by atoms with E-state index >= 15 is 0 Å². The molecule has 2 aromatic carbocycles. The van der Waals surface area contributed by atoms with Gasteiger partial charge >= 0.3 is 18.9 Å². The molecule has 1 aromatic heterocycles. The molecule has 0 aliphatic rings. The first-order valence-electron chi connectivity index (χ1n) is 7.45. The maximum atomic E-state index is 10.1. The number of carbonyl (C=O) groups excluding carboxylic acids is 2. The van der Waals surface area contributed by atoms with Crippen LogP contribution in [0.4, 0.5) is 0 Å². The van der Waals surface area contributed by atoms with Gasteiger partial charge in [0.25, 0.3) is 0 Å². The summed E-state index contributed by atoms with van der Waals surface area (Å²) in [4.78, 5) is 19.4. The van der Waals surface area contributed by atoms with Crippen LogP contribution in [0.3, 0.4) is 0 Å². The van der Waals surface area contributed by atoms with Crippen molar-refractivity contribution in [1.29, 1.82) is 5.26 Å². The molecule has 0 spiro atoms. The van der Waals surface area contributed by atoms with Gasteiger partial charge in [-0.3, -0.25) is 4.68 Å². The van der Waals surface area contributed by atoms with Gasteiger partial charge in [-0.15, -0.1) is 5.71 Å². The minimum atomic E-state index is -1.15. The van der Waals surface area contributed by atoms with Crippen LogP contribution in [0.1, 0.15) is 0 Å². The number of carbonyl (C=O) groups is 1. The molecule has 3 rings (SSSR count). The number of fused-ring (bicyclic) bond motifs is 1. The standard InChI is InChI=1S/C14H9Cl2N2O.C4HN3O2.Li/c1-18-8-9-7-10(5-6-13(9)17-18)19-14-11(15)3-2-4-12(14)16;5-1-3(6)4(9)7-2-8;/h3-8H,1H3;(H,7,8,9);/q-1;-2;+1. The molecule has 1 N–H and O–H groups in total. The van der Waals surface area contributed by atoms with Gasteiger partial charge in [0.2, 0.25) is 0 Å². The zero-order chi connectivity index (χ0) is 20.7. The van der Waals surface area contributed by atoms with Crippen LogP contribution in [0.5, 0.6) is 11.5 Å². The summed E-state index contributed by atoms with van der Waals surface area (Å²) >= 11 is 12.1. The van der Waals surface area contributed by atoms with E-state index in [9.17, 15) is 9.59 Å². The fourth-order valence-electron chi connectivity index (χ4n) is 2.00. The number of hydrogen-bond donors (Lipinski definition) is 1. The van der Waals surface area contributed by atoms with Crippen LogP contribution in [0.15, 0.2) is 36.5 Å². The van der Waals surface area contributed by atoms with Crippen LogP contribution < -0.4 is 28.9 Å². The van der Waals surface area contributed by atoms with Gasteiger partial charge in [-0.05, 0) is 28.2 Å². The number of aryl methyl sites for hydroxylation is 1. The Labute approximate surface area is 188 Å². The van der Waals surface area contributed by atoms with E-state index in [2.05, 4.69) is 11.2 Å². The number of ether oxygens (including phenoxy) is 1. The Bertz CT molecular complexity index is 1070. The van der Waals surface area contributed by atoms with Crippen LogP contribution in [0.2, 0.25) is 10.0 Å². The number of aromatic nitrogens is 2. The summed E-state index contributed by atoms with van der Waals surface area (Å²) in [5, 5.41) is 23.6. The molecule has 0 fully saturated rings. The second kappa shape index (κ2) is 11.3. The SMILES string of the molecule is Cn1cc2cc(Oc3c(Cl)c[c-]cc3Cl)ccc2n1.N#CC(=[N-])C(=O)N[C-]=O.[Li+]. The van der Waals surface area contributed by atoms with Gasteiger partial charge in [-0.25, -0.2) is 0 Å². The summed E-state index contributed by atoms with van der Waals surface area (Å²) in [5.41, 5.74) is -0.146. The summed E-state index contributed by atoms with van der Waals surface area (Å²) < 4.78 is 7.49. The molecule has 8 nitrogen and oxygen atoms in total. The monoisotopic (exact) mass is 421 g/mol. The Morgan fingerprint density at radius 3 is 2.62 bits per heavy atom. The molecule has 0 unspecified atom stereocenters. The van der Waals surface area contributed by atoms with E-state index < -0.39 is 11.6 Å². The van der Waals surface area contributed by atoms with E-state index in [1.165, 1.54) is 5.32 Å². The summed E-state index contributed by atoms with van der Waals surface area (Å²) in [5.74, 6) is -0.0478. The van der Waals surface area contributed by atoms with Crippen molar-refractivity contribution in [2.45, 2.75) is 0 Å². The normalized spacial score (nSPS) is 9.31. The van der Waals surface area contributed by atoms with E-state index in [1.807, 2.05) is 31.4 Å². The van der Waals surface area contributed by atoms with E-state index in [0.717, 1.165) is 23.4 Å². The van der Waals surface area contributed by atoms with Gasteiger partial charge < -0.3 is 25.1 Å². The van der Waals surface area contributed by atoms with Crippen molar-refractivity contribution < 1.29 is 33.2 Å². The number of imide groups is 1. The molecule has 3 aromatic rings. The van der Waals surface area contributed by atoms with Crippen LogP contribution in [-0.4, -0.2) is 27.8 Å². The molecule has 0 bridgehead atoms. The number of nitrogens with one attached hydrogen (secondary N) is 1. The quantitative estimate of drug-likeness (QED) is 0.279. The van der Waals surface area contributed by atoms with Gasteiger partial charge in [0.05, 0.1) is 29.7 Å². The molecular formula is C18H10Cl2LiN5O3-2. The Kier molecular flexibility index (Phi) is 9.40. The minimum Gasteiger partial charge on any atom is -0.807 e. The summed E-state index contributed by atoms with van der Waals surface area (Å²) in [6.45, 7) is 0. The first-order chi connectivity index (χ1) is 13.3. The summed E-state index contributed by atoms with van der Waals surface area (Å²) in [7, 11) is 1.88.